The lowest BCUT2D eigenvalue weighted by Crippen LogP contribution is -2.43. The summed E-state index contributed by atoms with van der Waals surface area (Å²) in [4.78, 5) is 0. The van der Waals surface area contributed by atoms with Gasteiger partial charge in [0.2, 0.25) is 0 Å². The number of fused-ring (bicyclic) bond motifs is 3. The molecule has 0 unspecified atom stereocenters. The van der Waals surface area contributed by atoms with Crippen LogP contribution in [0.1, 0.15) is 63.5 Å². The van der Waals surface area contributed by atoms with Crippen molar-refractivity contribution in [3.8, 4) is 11.5 Å². The van der Waals surface area contributed by atoms with Gasteiger partial charge in [-0.3, -0.25) is 0 Å². The maximum Gasteiger partial charge on any atom is 0.401 e. The zero-order chi connectivity index (χ0) is 15.4. The summed E-state index contributed by atoms with van der Waals surface area (Å²) in [5.41, 5.74) is 1.16. The van der Waals surface area contributed by atoms with Gasteiger partial charge in [-0.15, -0.1) is 0 Å². The Kier molecular flexibility index (Phi) is 3.19. The van der Waals surface area contributed by atoms with Crippen molar-refractivity contribution >= 4 is 0 Å². The van der Waals surface area contributed by atoms with Crippen LogP contribution in [0, 0.1) is 5.92 Å². The number of hydrogen-bond acceptors (Lipinski definition) is 2. The van der Waals surface area contributed by atoms with Crippen molar-refractivity contribution in [2.75, 3.05) is 0 Å². The van der Waals surface area contributed by atoms with Gasteiger partial charge in [-0.05, 0) is 36.0 Å². The van der Waals surface area contributed by atoms with Crippen LogP contribution in [-0.2, 0) is 5.41 Å². The van der Waals surface area contributed by atoms with Gasteiger partial charge in [-0.2, -0.15) is 8.78 Å². The lowest BCUT2D eigenvalue weighted by Gasteiger charge is -2.42. The van der Waals surface area contributed by atoms with E-state index < -0.39 is 12.0 Å². The summed E-state index contributed by atoms with van der Waals surface area (Å²) in [6.07, 6.45) is -0.259. The third kappa shape index (κ3) is 2.39. The number of rotatable bonds is 0. The van der Waals surface area contributed by atoms with E-state index in [9.17, 15) is 13.9 Å². The number of benzene rings is 1. The quantitative estimate of drug-likeness (QED) is 0.734. The summed E-state index contributed by atoms with van der Waals surface area (Å²) in [7, 11) is 0. The minimum Gasteiger partial charge on any atom is -0.508 e. The Morgan fingerprint density at radius 3 is 2.52 bits per heavy atom. The van der Waals surface area contributed by atoms with Gasteiger partial charge in [0, 0.05) is 11.5 Å². The van der Waals surface area contributed by atoms with Crippen LogP contribution in [0.2, 0.25) is 0 Å². The molecule has 1 N–H and O–H groups in total. The number of halogens is 2. The maximum atomic E-state index is 14.3. The lowest BCUT2D eigenvalue weighted by molar-refractivity contribution is -0.236. The van der Waals surface area contributed by atoms with E-state index in [-0.39, 0.29) is 22.8 Å². The largest absolute Gasteiger partial charge is 0.508 e. The average Bonchev–Trinajstić information content (AvgIpc) is 2.36. The van der Waals surface area contributed by atoms with Crippen molar-refractivity contribution < 1.29 is 18.6 Å². The monoisotopic (exact) mass is 296 g/mol. The first-order valence-corrected chi connectivity index (χ1v) is 7.64. The van der Waals surface area contributed by atoms with Crippen molar-refractivity contribution in [2.24, 2.45) is 5.92 Å². The first-order chi connectivity index (χ1) is 9.70. The molecule has 21 heavy (non-hydrogen) atoms. The second kappa shape index (κ2) is 4.59. The fourth-order valence-corrected chi connectivity index (χ4v) is 3.60. The van der Waals surface area contributed by atoms with E-state index in [1.54, 1.807) is 12.1 Å². The van der Waals surface area contributed by atoms with E-state index >= 15 is 0 Å². The first-order valence-electron chi connectivity index (χ1n) is 7.64. The third-order valence-corrected chi connectivity index (χ3v) is 4.80. The minimum absolute atomic E-state index is 0.102. The van der Waals surface area contributed by atoms with E-state index in [4.69, 9.17) is 4.74 Å². The van der Waals surface area contributed by atoms with E-state index in [1.807, 2.05) is 20.8 Å². The van der Waals surface area contributed by atoms with Crippen LogP contribution < -0.4 is 4.74 Å². The van der Waals surface area contributed by atoms with Gasteiger partial charge in [0.15, 0.2) is 0 Å². The smallest absolute Gasteiger partial charge is 0.401 e. The fraction of sp³-hybridized carbons (Fsp3) is 0.647. The molecule has 2 atom stereocenters. The molecule has 1 aromatic rings. The molecule has 0 saturated heterocycles. The highest BCUT2D eigenvalue weighted by Gasteiger charge is 2.53. The van der Waals surface area contributed by atoms with Gasteiger partial charge in [0.05, 0.1) is 5.92 Å². The number of alkyl halides is 2. The molecule has 116 valence electrons. The van der Waals surface area contributed by atoms with Gasteiger partial charge in [-0.25, -0.2) is 0 Å². The molecule has 1 aliphatic carbocycles. The van der Waals surface area contributed by atoms with Crippen molar-refractivity contribution in [3.05, 3.63) is 23.3 Å². The molecule has 0 bridgehead atoms. The third-order valence-electron chi connectivity index (χ3n) is 4.80. The summed E-state index contributed by atoms with van der Waals surface area (Å²) >= 11 is 0. The van der Waals surface area contributed by atoms with E-state index in [0.717, 1.165) is 18.4 Å². The van der Waals surface area contributed by atoms with Gasteiger partial charge in [0.25, 0.3) is 0 Å². The predicted octanol–water partition coefficient (Wildman–Crippen LogP) is 4.95. The Hall–Kier alpha value is -1.32. The van der Waals surface area contributed by atoms with Crippen molar-refractivity contribution in [1.82, 2.24) is 0 Å². The Labute approximate surface area is 124 Å². The SMILES string of the molecule is CC(C)(C)c1cc(O)c2c(c1)OC(F)(F)[C@@H]1CCCC[C@H]21. The van der Waals surface area contributed by atoms with Gasteiger partial charge in [-0.1, -0.05) is 33.6 Å². The Bertz CT molecular complexity index is 561. The zero-order valence-electron chi connectivity index (χ0n) is 12.7. The summed E-state index contributed by atoms with van der Waals surface area (Å²) in [6, 6.07) is 3.38. The van der Waals surface area contributed by atoms with E-state index in [2.05, 4.69) is 0 Å². The molecular formula is C17H22F2O2. The molecular weight excluding hydrogens is 274 g/mol. The predicted molar refractivity (Wildman–Crippen MR) is 77.1 cm³/mol. The summed E-state index contributed by atoms with van der Waals surface area (Å²) in [5.74, 6) is -0.852. The molecule has 1 saturated carbocycles. The van der Waals surface area contributed by atoms with E-state index in [0.29, 0.717) is 18.4 Å². The molecule has 3 rings (SSSR count). The van der Waals surface area contributed by atoms with Crippen LogP contribution in [0.15, 0.2) is 12.1 Å². The molecule has 1 aromatic carbocycles. The molecule has 1 fully saturated rings. The number of ether oxygens (including phenoxy) is 1. The standard InChI is InChI=1S/C17H22F2O2/c1-16(2,3)10-8-13(20)15-11-6-4-5-7-12(11)17(18,19)21-14(15)9-10/h8-9,11-12,20H,4-7H2,1-3H3/t11-,12+/m0/s1. The highest BCUT2D eigenvalue weighted by molar-refractivity contribution is 5.52. The number of aromatic hydroxyl groups is 1. The summed E-state index contributed by atoms with van der Waals surface area (Å²) in [6.45, 7) is 5.95. The topological polar surface area (TPSA) is 29.5 Å². The molecule has 0 amide bonds. The Morgan fingerprint density at radius 2 is 1.86 bits per heavy atom. The van der Waals surface area contributed by atoms with Crippen molar-refractivity contribution in [1.29, 1.82) is 0 Å². The molecule has 0 aromatic heterocycles. The average molecular weight is 296 g/mol. The van der Waals surface area contributed by atoms with Gasteiger partial charge in [0.1, 0.15) is 11.5 Å². The van der Waals surface area contributed by atoms with Crippen molar-refractivity contribution in [3.63, 3.8) is 0 Å². The summed E-state index contributed by atoms with van der Waals surface area (Å²) < 4.78 is 33.6. The van der Waals surface area contributed by atoms with Crippen LogP contribution in [0.5, 0.6) is 11.5 Å². The van der Waals surface area contributed by atoms with Crippen LogP contribution in [0.4, 0.5) is 8.78 Å². The first kappa shape index (κ1) is 14.6. The second-order valence-electron chi connectivity index (χ2n) is 7.32. The molecule has 1 aliphatic heterocycles. The van der Waals surface area contributed by atoms with E-state index in [1.165, 1.54) is 0 Å². The van der Waals surface area contributed by atoms with Crippen molar-refractivity contribution in [2.45, 2.75) is 63.9 Å². The van der Waals surface area contributed by atoms with Gasteiger partial charge < -0.3 is 9.84 Å². The number of phenolic OH excluding ortho intramolecular Hbond substituents is 1. The number of hydrogen-bond donors (Lipinski definition) is 1. The second-order valence-corrected chi connectivity index (χ2v) is 7.32. The van der Waals surface area contributed by atoms with Crippen LogP contribution >= 0.6 is 0 Å². The highest BCUT2D eigenvalue weighted by Crippen LogP contribution is 2.55. The van der Waals surface area contributed by atoms with Crippen LogP contribution in [0.3, 0.4) is 0 Å². The zero-order valence-corrected chi connectivity index (χ0v) is 12.7. The van der Waals surface area contributed by atoms with Crippen LogP contribution in [-0.4, -0.2) is 11.2 Å². The molecule has 2 aliphatic rings. The molecule has 0 radical (unpaired) electrons. The fourth-order valence-electron chi connectivity index (χ4n) is 3.60. The molecule has 2 nitrogen and oxygen atoms in total. The molecule has 1 heterocycles. The number of phenols is 1. The normalized spacial score (nSPS) is 27.5. The Morgan fingerprint density at radius 1 is 1.19 bits per heavy atom. The van der Waals surface area contributed by atoms with Crippen LogP contribution in [0.25, 0.3) is 0 Å². The molecule has 0 spiro atoms. The minimum atomic E-state index is -3.14. The molecule has 4 heteroatoms. The maximum absolute atomic E-state index is 14.3. The Balaban J connectivity index is 2.13. The van der Waals surface area contributed by atoms with Gasteiger partial charge >= 0.3 is 6.11 Å². The highest BCUT2D eigenvalue weighted by atomic mass is 19.3. The lowest BCUT2D eigenvalue weighted by atomic mass is 9.72. The summed E-state index contributed by atoms with van der Waals surface area (Å²) in [5, 5.41) is 10.4.